The van der Waals surface area contributed by atoms with Crippen molar-refractivity contribution in [3.63, 3.8) is 0 Å². The molecule has 1 rings (SSSR count). The van der Waals surface area contributed by atoms with Crippen LogP contribution in [0.25, 0.3) is 0 Å². The average Bonchev–Trinajstić information content (AvgIpc) is 2.34. The summed E-state index contributed by atoms with van der Waals surface area (Å²) in [5.41, 5.74) is 3.19. The molecule has 2 heteroatoms. The molecule has 0 aromatic carbocycles. The minimum absolute atomic E-state index is 1.04. The van der Waals surface area contributed by atoms with E-state index < -0.39 is 0 Å². The van der Waals surface area contributed by atoms with Gasteiger partial charge in [0.05, 0.1) is 0 Å². The van der Waals surface area contributed by atoms with E-state index in [1.165, 1.54) is 0 Å². The number of nitrogens with one attached hydrogen (secondary N) is 1. The molecule has 0 saturated carbocycles. The van der Waals surface area contributed by atoms with E-state index in [4.69, 9.17) is 0 Å². The van der Waals surface area contributed by atoms with Crippen LogP contribution < -0.4 is 5.43 Å². The van der Waals surface area contributed by atoms with Crippen molar-refractivity contribution in [3.05, 3.63) is 24.5 Å². The van der Waals surface area contributed by atoms with Crippen LogP contribution in [0.1, 0.15) is 13.3 Å². The lowest BCUT2D eigenvalue weighted by Crippen LogP contribution is -2.12. The van der Waals surface area contributed by atoms with Crippen molar-refractivity contribution >= 4 is 0 Å². The molecule has 1 aromatic rings. The van der Waals surface area contributed by atoms with E-state index >= 15 is 0 Å². The van der Waals surface area contributed by atoms with E-state index in [-0.39, 0.29) is 0 Å². The molecule has 0 amide bonds. The van der Waals surface area contributed by atoms with Crippen LogP contribution in [-0.2, 0) is 0 Å². The topological polar surface area (TPSA) is 17.0 Å². The first-order chi connectivity index (χ1) is 4.43. The lowest BCUT2D eigenvalue weighted by molar-refractivity contribution is 0.813. The first-order valence-corrected chi connectivity index (χ1v) is 3.30. The number of hydrogen-bond donors (Lipinski definition) is 1. The highest BCUT2D eigenvalue weighted by atomic mass is 15.4. The summed E-state index contributed by atoms with van der Waals surface area (Å²) in [6.07, 6.45) is 5.16. The fourth-order valence-electron chi connectivity index (χ4n) is 0.681. The maximum Gasteiger partial charge on any atom is 0.0311 e. The summed E-state index contributed by atoms with van der Waals surface area (Å²) in [6.45, 7) is 3.19. The number of rotatable bonds is 3. The highest BCUT2D eigenvalue weighted by Crippen LogP contribution is 1.84. The molecule has 2 nitrogen and oxygen atoms in total. The van der Waals surface area contributed by atoms with E-state index in [1.54, 1.807) is 0 Å². The van der Waals surface area contributed by atoms with Crippen LogP contribution in [0, 0.1) is 0 Å². The van der Waals surface area contributed by atoms with E-state index in [0.29, 0.717) is 0 Å². The molecule has 9 heavy (non-hydrogen) atoms. The Morgan fingerprint density at radius 1 is 1.33 bits per heavy atom. The van der Waals surface area contributed by atoms with E-state index in [2.05, 4.69) is 12.3 Å². The Hall–Kier alpha value is -0.920. The molecule has 50 valence electrons. The Kier molecular flexibility index (Phi) is 2.19. The first kappa shape index (κ1) is 6.20. The summed E-state index contributed by atoms with van der Waals surface area (Å²) in [7, 11) is 0. The SMILES string of the molecule is CCCNn1cccc1. The minimum atomic E-state index is 1.04. The van der Waals surface area contributed by atoms with Gasteiger partial charge in [-0.1, -0.05) is 6.92 Å². The standard InChI is InChI=1S/C7H12N2/c1-2-5-8-9-6-3-4-7-9/h3-4,6-8H,2,5H2,1H3. The third-order valence-electron chi connectivity index (χ3n) is 1.15. The Balaban J connectivity index is 2.30. The largest absolute Gasteiger partial charge is 0.326 e. The molecule has 0 aliphatic carbocycles. The predicted molar refractivity (Wildman–Crippen MR) is 39.0 cm³/mol. The van der Waals surface area contributed by atoms with Crippen molar-refractivity contribution in [1.82, 2.24) is 4.68 Å². The smallest absolute Gasteiger partial charge is 0.0311 e. The van der Waals surface area contributed by atoms with Gasteiger partial charge in [0.2, 0.25) is 0 Å². The molecule has 0 unspecified atom stereocenters. The molecular weight excluding hydrogens is 112 g/mol. The average molecular weight is 124 g/mol. The van der Waals surface area contributed by atoms with Gasteiger partial charge in [-0.25, -0.2) is 0 Å². The third kappa shape index (κ3) is 1.80. The zero-order valence-corrected chi connectivity index (χ0v) is 5.67. The fourth-order valence-corrected chi connectivity index (χ4v) is 0.681. The summed E-state index contributed by atoms with van der Waals surface area (Å²) >= 11 is 0. The molecular formula is C7H12N2. The molecule has 0 spiro atoms. The fraction of sp³-hybridized carbons (Fsp3) is 0.429. The summed E-state index contributed by atoms with van der Waals surface area (Å²) in [5, 5.41) is 0. The van der Waals surface area contributed by atoms with Gasteiger partial charge in [-0.05, 0) is 18.6 Å². The summed E-state index contributed by atoms with van der Waals surface area (Å²) in [6, 6.07) is 4.01. The molecule has 0 aliphatic heterocycles. The van der Waals surface area contributed by atoms with Crippen LogP contribution in [0.3, 0.4) is 0 Å². The first-order valence-electron chi connectivity index (χ1n) is 3.30. The number of nitrogens with zero attached hydrogens (tertiary/aromatic N) is 1. The third-order valence-corrected chi connectivity index (χ3v) is 1.15. The lowest BCUT2D eigenvalue weighted by atomic mass is 10.5. The van der Waals surface area contributed by atoms with Crippen LogP contribution >= 0.6 is 0 Å². The Bertz CT molecular complexity index is 144. The van der Waals surface area contributed by atoms with Gasteiger partial charge in [-0.15, -0.1) is 0 Å². The van der Waals surface area contributed by atoms with Crippen LogP contribution in [0.5, 0.6) is 0 Å². The van der Waals surface area contributed by atoms with Gasteiger partial charge in [-0.2, -0.15) is 0 Å². The highest BCUT2D eigenvalue weighted by Gasteiger charge is 1.81. The molecule has 0 atom stereocenters. The summed E-state index contributed by atoms with van der Waals surface area (Å²) < 4.78 is 1.96. The molecule has 1 heterocycles. The zero-order chi connectivity index (χ0) is 6.53. The highest BCUT2D eigenvalue weighted by molar-refractivity contribution is 4.92. The molecule has 1 N–H and O–H groups in total. The van der Waals surface area contributed by atoms with Crippen LogP contribution in [-0.4, -0.2) is 11.2 Å². The Morgan fingerprint density at radius 3 is 2.56 bits per heavy atom. The van der Waals surface area contributed by atoms with Crippen molar-refractivity contribution in [1.29, 1.82) is 0 Å². The van der Waals surface area contributed by atoms with E-state index in [0.717, 1.165) is 13.0 Å². The van der Waals surface area contributed by atoms with Gasteiger partial charge >= 0.3 is 0 Å². The molecule has 0 fully saturated rings. The second-order valence-electron chi connectivity index (χ2n) is 2.00. The van der Waals surface area contributed by atoms with Crippen molar-refractivity contribution in [2.45, 2.75) is 13.3 Å². The maximum atomic E-state index is 3.19. The van der Waals surface area contributed by atoms with Gasteiger partial charge in [0.25, 0.3) is 0 Å². The molecule has 0 saturated heterocycles. The van der Waals surface area contributed by atoms with Crippen molar-refractivity contribution < 1.29 is 0 Å². The van der Waals surface area contributed by atoms with Crippen LogP contribution in [0.4, 0.5) is 0 Å². The number of hydrogen-bond acceptors (Lipinski definition) is 1. The van der Waals surface area contributed by atoms with Crippen LogP contribution in [0.15, 0.2) is 24.5 Å². The molecule has 0 radical (unpaired) electrons. The van der Waals surface area contributed by atoms with Crippen molar-refractivity contribution in [2.75, 3.05) is 12.0 Å². The van der Waals surface area contributed by atoms with Crippen molar-refractivity contribution in [3.8, 4) is 0 Å². The Morgan fingerprint density at radius 2 is 2.00 bits per heavy atom. The number of aromatic nitrogens is 1. The van der Waals surface area contributed by atoms with Gasteiger partial charge in [0.1, 0.15) is 0 Å². The quantitative estimate of drug-likeness (QED) is 0.645. The summed E-state index contributed by atoms with van der Waals surface area (Å²) in [5.74, 6) is 0. The molecule has 1 aromatic heterocycles. The zero-order valence-electron chi connectivity index (χ0n) is 5.67. The normalized spacial score (nSPS) is 9.44. The second-order valence-corrected chi connectivity index (χ2v) is 2.00. The van der Waals surface area contributed by atoms with E-state index in [9.17, 15) is 0 Å². The minimum Gasteiger partial charge on any atom is -0.326 e. The van der Waals surface area contributed by atoms with Crippen LogP contribution in [0.2, 0.25) is 0 Å². The molecule has 0 bridgehead atoms. The monoisotopic (exact) mass is 124 g/mol. The van der Waals surface area contributed by atoms with Gasteiger partial charge < -0.3 is 5.43 Å². The summed E-state index contributed by atoms with van der Waals surface area (Å²) in [4.78, 5) is 0. The predicted octanol–water partition coefficient (Wildman–Crippen LogP) is 1.44. The lowest BCUT2D eigenvalue weighted by Gasteiger charge is -2.03. The van der Waals surface area contributed by atoms with E-state index in [1.807, 2.05) is 29.2 Å². The molecule has 0 aliphatic rings. The van der Waals surface area contributed by atoms with Gasteiger partial charge in [0, 0.05) is 18.9 Å². The van der Waals surface area contributed by atoms with Crippen molar-refractivity contribution in [2.24, 2.45) is 0 Å². The second kappa shape index (κ2) is 3.17. The Labute approximate surface area is 55.5 Å². The maximum absolute atomic E-state index is 3.19. The van der Waals surface area contributed by atoms with Gasteiger partial charge in [0.15, 0.2) is 0 Å². The van der Waals surface area contributed by atoms with Gasteiger partial charge in [-0.3, -0.25) is 4.68 Å².